The quantitative estimate of drug-likeness (QED) is 0.853. The van der Waals surface area contributed by atoms with Crippen LogP contribution in [-0.4, -0.2) is 7.05 Å². The molecule has 0 heterocycles. The first kappa shape index (κ1) is 15.2. The molecule has 0 aliphatic rings. The van der Waals surface area contributed by atoms with Crippen LogP contribution in [0.4, 0.5) is 4.39 Å². The largest absolute Gasteiger partial charge is 0.313 e. The van der Waals surface area contributed by atoms with Crippen molar-refractivity contribution < 1.29 is 4.39 Å². The summed E-state index contributed by atoms with van der Waals surface area (Å²) in [6, 6.07) is 11.7. The van der Waals surface area contributed by atoms with E-state index in [1.165, 1.54) is 22.8 Å². The van der Waals surface area contributed by atoms with Crippen LogP contribution in [0.5, 0.6) is 0 Å². The summed E-state index contributed by atoms with van der Waals surface area (Å²) in [6.45, 7) is 4.21. The second-order valence-electron chi connectivity index (χ2n) is 5.12. The van der Waals surface area contributed by atoms with Gasteiger partial charge in [0.25, 0.3) is 0 Å². The summed E-state index contributed by atoms with van der Waals surface area (Å²) in [5.41, 5.74) is 4.76. The molecule has 0 amide bonds. The van der Waals surface area contributed by atoms with Gasteiger partial charge in [0.05, 0.1) is 4.47 Å². The molecule has 0 radical (unpaired) electrons. The minimum Gasteiger partial charge on any atom is -0.313 e. The molecule has 0 fully saturated rings. The predicted octanol–water partition coefficient (Wildman–Crippen LogP) is 4.71. The SMILES string of the molecule is CNC(Cc1cc(C)ccc1C)c1cccc(F)c1Br. The fourth-order valence-corrected chi connectivity index (χ4v) is 2.94. The molecular formula is C17H19BrFN. The van der Waals surface area contributed by atoms with E-state index in [0.717, 1.165) is 12.0 Å². The molecule has 0 aromatic heterocycles. The lowest BCUT2D eigenvalue weighted by atomic mass is 9.95. The molecule has 0 saturated heterocycles. The van der Waals surface area contributed by atoms with E-state index in [4.69, 9.17) is 0 Å². The Balaban J connectivity index is 2.34. The van der Waals surface area contributed by atoms with Crippen molar-refractivity contribution in [3.63, 3.8) is 0 Å². The molecule has 0 aliphatic heterocycles. The number of rotatable bonds is 4. The zero-order valence-electron chi connectivity index (χ0n) is 12.0. The van der Waals surface area contributed by atoms with Gasteiger partial charge in [-0.3, -0.25) is 0 Å². The van der Waals surface area contributed by atoms with Crippen LogP contribution in [0, 0.1) is 19.7 Å². The van der Waals surface area contributed by atoms with Crippen molar-refractivity contribution in [3.8, 4) is 0 Å². The summed E-state index contributed by atoms with van der Waals surface area (Å²) >= 11 is 3.35. The molecule has 20 heavy (non-hydrogen) atoms. The third kappa shape index (κ3) is 3.28. The minimum atomic E-state index is -0.219. The zero-order valence-corrected chi connectivity index (χ0v) is 13.6. The van der Waals surface area contributed by atoms with Crippen LogP contribution in [-0.2, 0) is 6.42 Å². The van der Waals surface area contributed by atoms with Gasteiger partial charge in [0.2, 0.25) is 0 Å². The van der Waals surface area contributed by atoms with Crippen LogP contribution in [0.25, 0.3) is 0 Å². The Labute approximate surface area is 128 Å². The molecular weight excluding hydrogens is 317 g/mol. The van der Waals surface area contributed by atoms with Crippen molar-refractivity contribution in [1.82, 2.24) is 5.32 Å². The first-order valence-electron chi connectivity index (χ1n) is 6.70. The smallest absolute Gasteiger partial charge is 0.137 e. The monoisotopic (exact) mass is 335 g/mol. The molecule has 0 spiro atoms. The molecule has 1 nitrogen and oxygen atoms in total. The summed E-state index contributed by atoms with van der Waals surface area (Å²) in [6.07, 6.45) is 0.839. The summed E-state index contributed by atoms with van der Waals surface area (Å²) < 4.78 is 14.2. The highest BCUT2D eigenvalue weighted by atomic mass is 79.9. The van der Waals surface area contributed by atoms with E-state index in [2.05, 4.69) is 53.3 Å². The summed E-state index contributed by atoms with van der Waals surface area (Å²) in [7, 11) is 1.91. The topological polar surface area (TPSA) is 12.0 Å². The Bertz CT molecular complexity index is 610. The Morgan fingerprint density at radius 2 is 1.95 bits per heavy atom. The fourth-order valence-electron chi connectivity index (χ4n) is 2.40. The average molecular weight is 336 g/mol. The number of nitrogens with one attached hydrogen (secondary N) is 1. The maximum absolute atomic E-state index is 13.7. The second-order valence-corrected chi connectivity index (χ2v) is 5.91. The highest BCUT2D eigenvalue weighted by Gasteiger charge is 2.16. The Hall–Kier alpha value is -1.19. The third-order valence-corrected chi connectivity index (χ3v) is 4.47. The Kier molecular flexibility index (Phi) is 4.95. The van der Waals surface area contributed by atoms with Crippen LogP contribution in [0.1, 0.15) is 28.3 Å². The first-order valence-corrected chi connectivity index (χ1v) is 7.49. The second kappa shape index (κ2) is 6.51. The summed E-state index contributed by atoms with van der Waals surface area (Å²) in [5.74, 6) is -0.219. The molecule has 1 N–H and O–H groups in total. The van der Waals surface area contributed by atoms with Crippen molar-refractivity contribution in [2.75, 3.05) is 7.05 Å². The zero-order chi connectivity index (χ0) is 14.7. The molecule has 3 heteroatoms. The highest BCUT2D eigenvalue weighted by molar-refractivity contribution is 9.10. The maximum atomic E-state index is 13.7. The molecule has 1 atom stereocenters. The van der Waals surface area contributed by atoms with Crippen molar-refractivity contribution in [3.05, 3.63) is 68.9 Å². The number of likely N-dealkylation sites (N-methyl/N-ethyl adjacent to an activating group) is 1. The van der Waals surface area contributed by atoms with E-state index in [0.29, 0.717) is 4.47 Å². The first-order chi connectivity index (χ1) is 9.52. The Morgan fingerprint density at radius 1 is 1.20 bits per heavy atom. The van der Waals surface area contributed by atoms with Crippen LogP contribution in [0.2, 0.25) is 0 Å². The van der Waals surface area contributed by atoms with Crippen molar-refractivity contribution in [1.29, 1.82) is 0 Å². The van der Waals surface area contributed by atoms with Crippen LogP contribution < -0.4 is 5.32 Å². The lowest BCUT2D eigenvalue weighted by Gasteiger charge is -2.20. The van der Waals surface area contributed by atoms with Crippen LogP contribution in [0.15, 0.2) is 40.9 Å². The summed E-state index contributed by atoms with van der Waals surface area (Å²) in [5, 5.41) is 3.28. The fraction of sp³-hybridized carbons (Fsp3) is 0.294. The van der Waals surface area contributed by atoms with Gasteiger partial charge in [-0.25, -0.2) is 4.39 Å². The standard InChI is InChI=1S/C17H19BrFN/c1-11-7-8-12(2)13(9-11)10-16(20-3)14-5-4-6-15(19)17(14)18/h4-9,16,20H,10H2,1-3H3. The van der Waals surface area contributed by atoms with Crippen molar-refractivity contribution in [2.45, 2.75) is 26.3 Å². The average Bonchev–Trinajstić information content (AvgIpc) is 2.43. The molecule has 0 bridgehead atoms. The van der Waals surface area contributed by atoms with E-state index in [-0.39, 0.29) is 11.9 Å². The van der Waals surface area contributed by atoms with E-state index in [9.17, 15) is 4.39 Å². The van der Waals surface area contributed by atoms with Crippen molar-refractivity contribution in [2.24, 2.45) is 0 Å². The maximum Gasteiger partial charge on any atom is 0.137 e. The van der Waals surface area contributed by atoms with Gasteiger partial charge in [0.15, 0.2) is 0 Å². The molecule has 2 aromatic carbocycles. The van der Waals surface area contributed by atoms with E-state index in [1.54, 1.807) is 6.07 Å². The normalized spacial score (nSPS) is 12.4. The number of hydrogen-bond acceptors (Lipinski definition) is 1. The van der Waals surface area contributed by atoms with Crippen LogP contribution in [0.3, 0.4) is 0 Å². The molecule has 2 rings (SSSR count). The van der Waals surface area contributed by atoms with Gasteiger partial charge in [-0.2, -0.15) is 0 Å². The van der Waals surface area contributed by atoms with Gasteiger partial charge < -0.3 is 5.32 Å². The van der Waals surface area contributed by atoms with Gasteiger partial charge in [-0.1, -0.05) is 35.9 Å². The molecule has 0 aliphatic carbocycles. The number of halogens is 2. The van der Waals surface area contributed by atoms with Crippen LogP contribution >= 0.6 is 15.9 Å². The highest BCUT2D eigenvalue weighted by Crippen LogP contribution is 2.29. The van der Waals surface area contributed by atoms with Gasteiger partial charge in [-0.05, 0) is 66.0 Å². The molecule has 1 unspecified atom stereocenters. The van der Waals surface area contributed by atoms with Crippen molar-refractivity contribution >= 4 is 15.9 Å². The molecule has 0 saturated carbocycles. The lowest BCUT2D eigenvalue weighted by molar-refractivity contribution is 0.570. The van der Waals surface area contributed by atoms with Gasteiger partial charge in [-0.15, -0.1) is 0 Å². The predicted molar refractivity (Wildman–Crippen MR) is 85.5 cm³/mol. The summed E-state index contributed by atoms with van der Waals surface area (Å²) in [4.78, 5) is 0. The van der Waals surface area contributed by atoms with E-state index < -0.39 is 0 Å². The molecule has 2 aromatic rings. The number of hydrogen-bond donors (Lipinski definition) is 1. The number of benzene rings is 2. The lowest BCUT2D eigenvalue weighted by Crippen LogP contribution is -2.20. The number of aryl methyl sites for hydroxylation is 2. The van der Waals surface area contributed by atoms with E-state index in [1.807, 2.05) is 13.1 Å². The molecule has 106 valence electrons. The third-order valence-electron chi connectivity index (χ3n) is 3.63. The van der Waals surface area contributed by atoms with Gasteiger partial charge >= 0.3 is 0 Å². The minimum absolute atomic E-state index is 0.0839. The van der Waals surface area contributed by atoms with Gasteiger partial charge in [0.1, 0.15) is 5.82 Å². The van der Waals surface area contributed by atoms with Gasteiger partial charge in [0, 0.05) is 6.04 Å². The van der Waals surface area contributed by atoms with E-state index >= 15 is 0 Å². The Morgan fingerprint density at radius 3 is 2.65 bits per heavy atom.